The summed E-state index contributed by atoms with van der Waals surface area (Å²) >= 11 is 3.47. The Morgan fingerprint density at radius 1 is 1.44 bits per heavy atom. The zero-order chi connectivity index (χ0) is 11.4. The van der Waals surface area contributed by atoms with Gasteiger partial charge in [0.05, 0.1) is 10.7 Å². The van der Waals surface area contributed by atoms with Crippen LogP contribution in [0.25, 0.3) is 0 Å². The summed E-state index contributed by atoms with van der Waals surface area (Å²) in [5, 5.41) is 11.1. The lowest BCUT2D eigenvalue weighted by atomic mass is 10.2. The highest BCUT2D eigenvalue weighted by Gasteiger charge is 2.07. The van der Waals surface area contributed by atoms with Gasteiger partial charge in [-0.05, 0) is 49.2 Å². The van der Waals surface area contributed by atoms with Gasteiger partial charge in [0.1, 0.15) is 0 Å². The van der Waals surface area contributed by atoms with Gasteiger partial charge in [-0.1, -0.05) is 0 Å². The van der Waals surface area contributed by atoms with Crippen molar-refractivity contribution in [1.29, 1.82) is 0 Å². The second-order valence-electron chi connectivity index (χ2n) is 3.85. The van der Waals surface area contributed by atoms with E-state index in [2.05, 4.69) is 39.4 Å². The average Bonchev–Trinajstić information content (AvgIpc) is 2.89. The highest BCUT2D eigenvalue weighted by atomic mass is 32.1. The predicted octanol–water partition coefficient (Wildman–Crippen LogP) is 3.41. The zero-order valence-corrected chi connectivity index (χ0v) is 11.2. The van der Waals surface area contributed by atoms with Crippen LogP contribution < -0.4 is 5.32 Å². The Kier molecular flexibility index (Phi) is 4.09. The molecule has 1 unspecified atom stereocenters. The van der Waals surface area contributed by atoms with Crippen LogP contribution in [0, 0.1) is 6.92 Å². The molecule has 2 aromatic rings. The van der Waals surface area contributed by atoms with Crippen molar-refractivity contribution in [3.63, 3.8) is 0 Å². The van der Waals surface area contributed by atoms with Gasteiger partial charge in [-0.2, -0.15) is 11.3 Å². The van der Waals surface area contributed by atoms with Crippen molar-refractivity contribution in [2.75, 3.05) is 6.54 Å². The van der Waals surface area contributed by atoms with Crippen molar-refractivity contribution in [2.45, 2.75) is 26.3 Å². The number of nitrogens with zero attached hydrogens (tertiary/aromatic N) is 1. The minimum atomic E-state index is 0.351. The van der Waals surface area contributed by atoms with Gasteiger partial charge in [0.25, 0.3) is 0 Å². The molecular weight excluding hydrogens is 236 g/mol. The van der Waals surface area contributed by atoms with Crippen LogP contribution in [0.2, 0.25) is 0 Å². The van der Waals surface area contributed by atoms with Gasteiger partial charge < -0.3 is 5.32 Å². The fourth-order valence-electron chi connectivity index (χ4n) is 1.55. The highest BCUT2D eigenvalue weighted by Crippen LogP contribution is 2.15. The van der Waals surface area contributed by atoms with Crippen molar-refractivity contribution in [3.05, 3.63) is 38.5 Å². The van der Waals surface area contributed by atoms with E-state index in [9.17, 15) is 0 Å². The molecule has 0 saturated carbocycles. The van der Waals surface area contributed by atoms with E-state index in [1.54, 1.807) is 22.7 Å². The van der Waals surface area contributed by atoms with Crippen LogP contribution in [-0.4, -0.2) is 11.5 Å². The second kappa shape index (κ2) is 5.57. The Morgan fingerprint density at radius 2 is 2.31 bits per heavy atom. The van der Waals surface area contributed by atoms with Gasteiger partial charge in [-0.25, -0.2) is 4.98 Å². The Labute approximate surface area is 104 Å². The summed E-state index contributed by atoms with van der Waals surface area (Å²) in [5.74, 6) is 0. The highest BCUT2D eigenvalue weighted by molar-refractivity contribution is 7.09. The van der Waals surface area contributed by atoms with E-state index < -0.39 is 0 Å². The molecule has 2 nitrogen and oxygen atoms in total. The number of nitrogens with one attached hydrogen (secondary N) is 1. The normalized spacial score (nSPS) is 12.9. The van der Waals surface area contributed by atoms with Crippen LogP contribution in [0.1, 0.15) is 29.2 Å². The molecule has 0 aromatic carbocycles. The summed E-state index contributed by atoms with van der Waals surface area (Å²) in [6.45, 7) is 5.23. The van der Waals surface area contributed by atoms with E-state index in [1.165, 1.54) is 5.56 Å². The standard InChI is InChI=1S/C12H16N2S2/c1-9(12-8-16-10(2)14-12)13-5-3-11-4-6-15-7-11/h4,6-9,13H,3,5H2,1-2H3. The zero-order valence-electron chi connectivity index (χ0n) is 9.56. The minimum Gasteiger partial charge on any atom is -0.308 e. The summed E-state index contributed by atoms with van der Waals surface area (Å²) in [7, 11) is 0. The van der Waals surface area contributed by atoms with Gasteiger partial charge in [0.2, 0.25) is 0 Å². The number of rotatable bonds is 5. The Balaban J connectivity index is 1.78. The second-order valence-corrected chi connectivity index (χ2v) is 5.69. The molecular formula is C12H16N2S2. The Morgan fingerprint density at radius 3 is 2.94 bits per heavy atom. The van der Waals surface area contributed by atoms with Crippen LogP contribution in [0.3, 0.4) is 0 Å². The topological polar surface area (TPSA) is 24.9 Å². The summed E-state index contributed by atoms with van der Waals surface area (Å²) in [4.78, 5) is 4.48. The third-order valence-electron chi connectivity index (χ3n) is 2.52. The predicted molar refractivity (Wildman–Crippen MR) is 71.3 cm³/mol. The van der Waals surface area contributed by atoms with Gasteiger partial charge in [0, 0.05) is 11.4 Å². The van der Waals surface area contributed by atoms with E-state index in [0.717, 1.165) is 23.7 Å². The van der Waals surface area contributed by atoms with Crippen molar-refractivity contribution in [3.8, 4) is 0 Å². The lowest BCUT2D eigenvalue weighted by Gasteiger charge is -2.10. The minimum absolute atomic E-state index is 0.351. The number of aryl methyl sites for hydroxylation is 1. The fraction of sp³-hybridized carbons (Fsp3) is 0.417. The van der Waals surface area contributed by atoms with Gasteiger partial charge >= 0.3 is 0 Å². The Bertz CT molecular complexity index is 420. The van der Waals surface area contributed by atoms with Gasteiger partial charge in [-0.15, -0.1) is 11.3 Å². The van der Waals surface area contributed by atoms with E-state index in [0.29, 0.717) is 6.04 Å². The molecule has 0 spiro atoms. The van der Waals surface area contributed by atoms with E-state index >= 15 is 0 Å². The quantitative estimate of drug-likeness (QED) is 0.882. The molecule has 4 heteroatoms. The van der Waals surface area contributed by atoms with Crippen molar-refractivity contribution < 1.29 is 0 Å². The van der Waals surface area contributed by atoms with Crippen molar-refractivity contribution in [1.82, 2.24) is 10.3 Å². The summed E-state index contributed by atoms with van der Waals surface area (Å²) in [5.41, 5.74) is 2.58. The number of hydrogen-bond donors (Lipinski definition) is 1. The molecule has 0 amide bonds. The van der Waals surface area contributed by atoms with Crippen molar-refractivity contribution >= 4 is 22.7 Å². The molecule has 86 valence electrons. The van der Waals surface area contributed by atoms with Gasteiger partial charge in [-0.3, -0.25) is 0 Å². The summed E-state index contributed by atoms with van der Waals surface area (Å²) in [6.07, 6.45) is 1.09. The van der Waals surface area contributed by atoms with Crippen LogP contribution >= 0.6 is 22.7 Å². The third-order valence-corrected chi connectivity index (χ3v) is 4.05. The lowest BCUT2D eigenvalue weighted by molar-refractivity contribution is 0.566. The molecule has 2 aromatic heterocycles. The molecule has 0 aliphatic rings. The number of aromatic nitrogens is 1. The summed E-state index contributed by atoms with van der Waals surface area (Å²) < 4.78 is 0. The van der Waals surface area contributed by atoms with E-state index in [-0.39, 0.29) is 0 Å². The maximum absolute atomic E-state index is 4.48. The lowest BCUT2D eigenvalue weighted by Crippen LogP contribution is -2.21. The molecule has 0 aliphatic heterocycles. The number of hydrogen-bond acceptors (Lipinski definition) is 4. The van der Waals surface area contributed by atoms with Crippen LogP contribution in [0.4, 0.5) is 0 Å². The monoisotopic (exact) mass is 252 g/mol. The molecule has 1 N–H and O–H groups in total. The first kappa shape index (κ1) is 11.8. The number of thiazole rings is 1. The molecule has 2 heterocycles. The van der Waals surface area contributed by atoms with Crippen LogP contribution in [-0.2, 0) is 6.42 Å². The largest absolute Gasteiger partial charge is 0.308 e. The first-order valence-electron chi connectivity index (χ1n) is 5.42. The van der Waals surface area contributed by atoms with Crippen LogP contribution in [0.15, 0.2) is 22.2 Å². The molecule has 2 rings (SSSR count). The molecule has 0 saturated heterocycles. The van der Waals surface area contributed by atoms with Crippen molar-refractivity contribution in [2.24, 2.45) is 0 Å². The maximum Gasteiger partial charge on any atom is 0.0898 e. The smallest absolute Gasteiger partial charge is 0.0898 e. The van der Waals surface area contributed by atoms with E-state index in [4.69, 9.17) is 0 Å². The number of thiophene rings is 1. The van der Waals surface area contributed by atoms with Crippen LogP contribution in [0.5, 0.6) is 0 Å². The summed E-state index contributed by atoms with van der Waals surface area (Å²) in [6, 6.07) is 2.54. The molecule has 0 radical (unpaired) electrons. The first-order chi connectivity index (χ1) is 7.75. The molecule has 0 bridgehead atoms. The SMILES string of the molecule is Cc1nc(C(C)NCCc2ccsc2)cs1. The van der Waals surface area contributed by atoms with E-state index in [1.807, 2.05) is 6.92 Å². The molecule has 16 heavy (non-hydrogen) atoms. The average molecular weight is 252 g/mol. The molecule has 0 fully saturated rings. The Hall–Kier alpha value is -0.710. The van der Waals surface area contributed by atoms with Gasteiger partial charge in [0.15, 0.2) is 0 Å². The third kappa shape index (κ3) is 3.14. The maximum atomic E-state index is 4.48. The molecule has 0 aliphatic carbocycles. The first-order valence-corrected chi connectivity index (χ1v) is 7.24. The molecule has 1 atom stereocenters. The fourth-order valence-corrected chi connectivity index (χ4v) is 2.96.